The third kappa shape index (κ3) is 1.79. The molecule has 0 aliphatic heterocycles. The fourth-order valence-electron chi connectivity index (χ4n) is 2.75. The van der Waals surface area contributed by atoms with Crippen molar-refractivity contribution in [3.8, 4) is 0 Å². The first-order valence-corrected chi connectivity index (χ1v) is 6.13. The molecular formula is C15H17NO. The van der Waals surface area contributed by atoms with Gasteiger partial charge in [0.25, 0.3) is 0 Å². The minimum atomic E-state index is 0.0170. The molecule has 0 saturated carbocycles. The highest BCUT2D eigenvalue weighted by Gasteiger charge is 2.28. The van der Waals surface area contributed by atoms with E-state index in [4.69, 9.17) is 10.2 Å². The lowest BCUT2D eigenvalue weighted by molar-refractivity contribution is 0.413. The van der Waals surface area contributed by atoms with Gasteiger partial charge >= 0.3 is 0 Å². The topological polar surface area (TPSA) is 39.2 Å². The second kappa shape index (κ2) is 4.04. The molecule has 3 rings (SSSR count). The maximum absolute atomic E-state index is 6.21. The summed E-state index contributed by atoms with van der Waals surface area (Å²) in [4.78, 5) is 0. The average molecular weight is 227 g/mol. The average Bonchev–Trinajstić information content (AvgIpc) is 2.72. The smallest absolute Gasteiger partial charge is 0.123 e. The molecule has 2 unspecified atom stereocenters. The van der Waals surface area contributed by atoms with Crippen LogP contribution < -0.4 is 5.73 Å². The Morgan fingerprint density at radius 3 is 2.88 bits per heavy atom. The molecule has 2 atom stereocenters. The van der Waals surface area contributed by atoms with Gasteiger partial charge in [-0.25, -0.2) is 0 Å². The van der Waals surface area contributed by atoms with E-state index in [1.165, 1.54) is 11.1 Å². The van der Waals surface area contributed by atoms with Crippen molar-refractivity contribution in [2.24, 2.45) is 5.73 Å². The summed E-state index contributed by atoms with van der Waals surface area (Å²) in [5, 5.41) is 0. The van der Waals surface area contributed by atoms with Gasteiger partial charge in [-0.3, -0.25) is 0 Å². The highest BCUT2D eigenvalue weighted by Crippen LogP contribution is 2.40. The van der Waals surface area contributed by atoms with Crippen molar-refractivity contribution >= 4 is 0 Å². The Morgan fingerprint density at radius 1 is 1.35 bits per heavy atom. The number of hydrogen-bond donors (Lipinski definition) is 1. The molecule has 1 aromatic carbocycles. The first-order valence-electron chi connectivity index (χ1n) is 6.13. The second-order valence-electron chi connectivity index (χ2n) is 4.91. The Labute approximate surface area is 101 Å². The van der Waals surface area contributed by atoms with Crippen LogP contribution in [0.2, 0.25) is 0 Å². The number of nitrogens with two attached hydrogens (primary N) is 1. The van der Waals surface area contributed by atoms with Crippen molar-refractivity contribution in [3.05, 3.63) is 59.0 Å². The lowest BCUT2D eigenvalue weighted by Crippen LogP contribution is -2.22. The van der Waals surface area contributed by atoms with Gasteiger partial charge in [0.1, 0.15) is 5.76 Å². The van der Waals surface area contributed by atoms with E-state index in [9.17, 15) is 0 Å². The van der Waals surface area contributed by atoms with Crippen LogP contribution >= 0.6 is 0 Å². The largest absolute Gasteiger partial charge is 0.467 e. The van der Waals surface area contributed by atoms with Crippen LogP contribution in [0.4, 0.5) is 0 Å². The molecule has 2 heteroatoms. The van der Waals surface area contributed by atoms with E-state index >= 15 is 0 Å². The third-order valence-corrected chi connectivity index (χ3v) is 3.74. The number of furan rings is 1. The van der Waals surface area contributed by atoms with Gasteiger partial charge in [0.15, 0.2) is 0 Å². The minimum Gasteiger partial charge on any atom is -0.467 e. The number of rotatable bonds is 3. The Balaban J connectivity index is 1.72. The quantitative estimate of drug-likeness (QED) is 0.873. The molecule has 0 spiro atoms. The number of benzene rings is 1. The van der Waals surface area contributed by atoms with Crippen molar-refractivity contribution in [2.75, 3.05) is 0 Å². The standard InChI is InChI=1S/C15H17NO/c1-10-6-7-17-15(10)14(16)9-12-8-11-4-2-3-5-13(11)12/h2-7,12,14H,8-9,16H2,1H3. The number of hydrogen-bond acceptors (Lipinski definition) is 2. The van der Waals surface area contributed by atoms with Crippen molar-refractivity contribution in [3.63, 3.8) is 0 Å². The molecule has 0 saturated heterocycles. The first-order chi connectivity index (χ1) is 8.25. The lowest BCUT2D eigenvalue weighted by Gasteiger charge is -2.31. The van der Waals surface area contributed by atoms with E-state index in [0.717, 1.165) is 24.2 Å². The third-order valence-electron chi connectivity index (χ3n) is 3.74. The van der Waals surface area contributed by atoms with E-state index in [0.29, 0.717) is 5.92 Å². The second-order valence-corrected chi connectivity index (χ2v) is 4.91. The van der Waals surface area contributed by atoms with Crippen molar-refractivity contribution in [1.82, 2.24) is 0 Å². The molecule has 2 aromatic rings. The summed E-state index contributed by atoms with van der Waals surface area (Å²) >= 11 is 0. The molecule has 2 N–H and O–H groups in total. The number of fused-ring (bicyclic) bond motifs is 1. The molecule has 0 bridgehead atoms. The zero-order valence-corrected chi connectivity index (χ0v) is 10.0. The monoisotopic (exact) mass is 227 g/mol. The molecule has 1 heterocycles. The SMILES string of the molecule is Cc1ccoc1C(N)CC1Cc2ccccc21. The van der Waals surface area contributed by atoms with Gasteiger partial charge in [-0.1, -0.05) is 24.3 Å². The van der Waals surface area contributed by atoms with Gasteiger partial charge in [-0.05, 0) is 48.4 Å². The fourth-order valence-corrected chi connectivity index (χ4v) is 2.75. The normalized spacial score (nSPS) is 19.5. The van der Waals surface area contributed by atoms with E-state index in [-0.39, 0.29) is 6.04 Å². The van der Waals surface area contributed by atoms with Crippen LogP contribution in [-0.2, 0) is 6.42 Å². The van der Waals surface area contributed by atoms with Gasteiger partial charge < -0.3 is 10.2 Å². The summed E-state index contributed by atoms with van der Waals surface area (Å²) in [7, 11) is 0. The number of aryl methyl sites for hydroxylation is 1. The minimum absolute atomic E-state index is 0.0170. The zero-order chi connectivity index (χ0) is 11.8. The van der Waals surface area contributed by atoms with Gasteiger partial charge in [0.05, 0.1) is 12.3 Å². The van der Waals surface area contributed by atoms with Crippen LogP contribution in [0.1, 0.15) is 40.8 Å². The first kappa shape index (κ1) is 10.6. The molecule has 0 fully saturated rings. The lowest BCUT2D eigenvalue weighted by atomic mass is 9.74. The highest BCUT2D eigenvalue weighted by atomic mass is 16.3. The van der Waals surface area contributed by atoms with E-state index in [2.05, 4.69) is 24.3 Å². The molecule has 2 nitrogen and oxygen atoms in total. The molecule has 88 valence electrons. The maximum atomic E-state index is 6.21. The van der Waals surface area contributed by atoms with Crippen LogP contribution in [0.5, 0.6) is 0 Å². The Hall–Kier alpha value is -1.54. The zero-order valence-electron chi connectivity index (χ0n) is 10.0. The van der Waals surface area contributed by atoms with E-state index in [1.807, 2.05) is 13.0 Å². The van der Waals surface area contributed by atoms with Crippen LogP contribution in [0.3, 0.4) is 0 Å². The summed E-state index contributed by atoms with van der Waals surface area (Å²) in [5.41, 5.74) is 10.3. The van der Waals surface area contributed by atoms with E-state index in [1.54, 1.807) is 6.26 Å². The Morgan fingerprint density at radius 2 is 2.18 bits per heavy atom. The van der Waals surface area contributed by atoms with Gasteiger partial charge in [-0.15, -0.1) is 0 Å². The summed E-state index contributed by atoms with van der Waals surface area (Å²) in [5.74, 6) is 1.54. The highest BCUT2D eigenvalue weighted by molar-refractivity contribution is 5.40. The summed E-state index contributed by atoms with van der Waals surface area (Å²) in [6, 6.07) is 10.6. The predicted octanol–water partition coefficient (Wildman–Crippen LogP) is 3.32. The summed E-state index contributed by atoms with van der Waals surface area (Å²) < 4.78 is 5.46. The van der Waals surface area contributed by atoms with Gasteiger partial charge in [0, 0.05) is 0 Å². The molecule has 1 aromatic heterocycles. The molecule has 1 aliphatic carbocycles. The molecule has 0 radical (unpaired) electrons. The molecule has 0 amide bonds. The Bertz CT molecular complexity index is 529. The summed E-state index contributed by atoms with van der Waals surface area (Å²) in [6.45, 7) is 2.05. The maximum Gasteiger partial charge on any atom is 0.123 e. The van der Waals surface area contributed by atoms with Crippen LogP contribution in [0.15, 0.2) is 41.0 Å². The molecule has 1 aliphatic rings. The van der Waals surface area contributed by atoms with Crippen molar-refractivity contribution < 1.29 is 4.42 Å². The van der Waals surface area contributed by atoms with Crippen molar-refractivity contribution in [1.29, 1.82) is 0 Å². The predicted molar refractivity (Wildman–Crippen MR) is 67.9 cm³/mol. The molecular weight excluding hydrogens is 210 g/mol. The summed E-state index contributed by atoms with van der Waals surface area (Å²) in [6.07, 6.45) is 3.86. The fraction of sp³-hybridized carbons (Fsp3) is 0.333. The Kier molecular flexibility index (Phi) is 2.52. The van der Waals surface area contributed by atoms with Crippen LogP contribution in [0.25, 0.3) is 0 Å². The van der Waals surface area contributed by atoms with Crippen LogP contribution in [-0.4, -0.2) is 0 Å². The molecule has 17 heavy (non-hydrogen) atoms. The van der Waals surface area contributed by atoms with Crippen molar-refractivity contribution in [2.45, 2.75) is 31.7 Å². The van der Waals surface area contributed by atoms with Gasteiger partial charge in [0.2, 0.25) is 0 Å². The van der Waals surface area contributed by atoms with E-state index < -0.39 is 0 Å². The van der Waals surface area contributed by atoms with Gasteiger partial charge in [-0.2, -0.15) is 0 Å². The van der Waals surface area contributed by atoms with Crippen LogP contribution in [0, 0.1) is 6.92 Å².